The average molecular weight is 432 g/mol. The van der Waals surface area contributed by atoms with Crippen molar-refractivity contribution < 1.29 is 22.4 Å². The summed E-state index contributed by atoms with van der Waals surface area (Å²) in [5.41, 5.74) is 1.03. The van der Waals surface area contributed by atoms with Crippen LogP contribution in [-0.2, 0) is 4.79 Å². The van der Waals surface area contributed by atoms with Crippen molar-refractivity contribution in [2.75, 3.05) is 18.9 Å². The van der Waals surface area contributed by atoms with E-state index in [0.29, 0.717) is 6.54 Å². The molecule has 1 aliphatic rings. The van der Waals surface area contributed by atoms with E-state index in [1.54, 1.807) is 24.1 Å². The van der Waals surface area contributed by atoms with E-state index < -0.39 is 18.4 Å². The molecule has 0 radical (unpaired) electrons. The Bertz CT molecular complexity index is 1040. The fourth-order valence-corrected chi connectivity index (χ4v) is 3.04. The lowest BCUT2D eigenvalue weighted by molar-refractivity contribution is -0.131. The van der Waals surface area contributed by atoms with E-state index in [0.717, 1.165) is 18.4 Å². The largest absolute Gasteiger partial charge is 0.415 e. The first-order valence-electron chi connectivity index (χ1n) is 9.61. The van der Waals surface area contributed by atoms with Crippen LogP contribution in [0.25, 0.3) is 11.5 Å². The van der Waals surface area contributed by atoms with E-state index in [1.807, 2.05) is 0 Å². The Morgan fingerprint density at radius 3 is 2.45 bits per heavy atom. The zero-order valence-electron chi connectivity index (χ0n) is 16.5. The van der Waals surface area contributed by atoms with Gasteiger partial charge < -0.3 is 14.6 Å². The van der Waals surface area contributed by atoms with Gasteiger partial charge in [0.15, 0.2) is 0 Å². The number of hydrogen-bond donors (Lipinski definition) is 1. The molecule has 162 valence electrons. The summed E-state index contributed by atoms with van der Waals surface area (Å²) >= 11 is 0. The molecule has 0 saturated heterocycles. The lowest BCUT2D eigenvalue weighted by Gasteiger charge is -2.25. The highest BCUT2D eigenvalue weighted by molar-refractivity contribution is 5.80. The van der Waals surface area contributed by atoms with Gasteiger partial charge in [-0.25, -0.2) is 14.4 Å². The maximum atomic E-state index is 13.4. The number of nitrogens with zero attached hydrogens (tertiary/aromatic N) is 5. The van der Waals surface area contributed by atoms with Crippen molar-refractivity contribution in [1.29, 1.82) is 0 Å². The fourth-order valence-electron chi connectivity index (χ4n) is 3.04. The second-order valence-corrected chi connectivity index (χ2v) is 7.28. The molecule has 1 amide bonds. The highest BCUT2D eigenvalue weighted by Crippen LogP contribution is 2.31. The Balaban J connectivity index is 1.51. The molecule has 0 bridgehead atoms. The number of carbonyl (C=O) groups is 1. The normalized spacial score (nSPS) is 14.5. The molecule has 4 rings (SSSR count). The summed E-state index contributed by atoms with van der Waals surface area (Å²) in [5.74, 6) is -0.894. The molecule has 1 aromatic carbocycles. The number of amides is 1. The predicted octanol–water partition coefficient (Wildman–Crippen LogP) is 3.62. The molecule has 8 nitrogen and oxygen atoms in total. The highest BCUT2D eigenvalue weighted by atomic mass is 19.3. The van der Waals surface area contributed by atoms with Crippen molar-refractivity contribution in [1.82, 2.24) is 25.1 Å². The molecule has 2 aromatic heterocycles. The lowest BCUT2D eigenvalue weighted by atomic mass is 10.1. The van der Waals surface area contributed by atoms with Gasteiger partial charge in [0, 0.05) is 31.9 Å². The number of carbonyl (C=O) groups excluding carboxylic acids is 1. The molecular weight excluding hydrogens is 413 g/mol. The molecule has 3 aromatic rings. The topological polar surface area (TPSA) is 97.0 Å². The van der Waals surface area contributed by atoms with Crippen LogP contribution in [0, 0.1) is 11.7 Å². The Kier molecular flexibility index (Phi) is 5.83. The van der Waals surface area contributed by atoms with Gasteiger partial charge in [0.25, 0.3) is 11.8 Å². The molecule has 1 aliphatic carbocycles. The Hall–Kier alpha value is -3.50. The molecule has 1 atom stereocenters. The van der Waals surface area contributed by atoms with Gasteiger partial charge in [-0.2, -0.15) is 8.78 Å². The molecule has 1 N–H and O–H groups in total. The maximum absolute atomic E-state index is 13.4. The Morgan fingerprint density at radius 2 is 1.87 bits per heavy atom. The number of anilines is 1. The van der Waals surface area contributed by atoms with Gasteiger partial charge in [-0.05, 0) is 30.5 Å². The van der Waals surface area contributed by atoms with Crippen LogP contribution in [-0.4, -0.2) is 44.6 Å². The summed E-state index contributed by atoms with van der Waals surface area (Å²) in [6.45, 7) is 0.327. The molecule has 31 heavy (non-hydrogen) atoms. The molecule has 0 spiro atoms. The molecule has 11 heteroatoms. The van der Waals surface area contributed by atoms with Gasteiger partial charge in [0.2, 0.25) is 11.9 Å². The summed E-state index contributed by atoms with van der Waals surface area (Å²) < 4.78 is 43.5. The van der Waals surface area contributed by atoms with Crippen molar-refractivity contribution in [3.05, 3.63) is 53.9 Å². The lowest BCUT2D eigenvalue weighted by Crippen LogP contribution is -2.34. The van der Waals surface area contributed by atoms with Crippen LogP contribution in [0.2, 0.25) is 0 Å². The van der Waals surface area contributed by atoms with E-state index in [2.05, 4.69) is 25.5 Å². The third-order valence-corrected chi connectivity index (χ3v) is 4.86. The van der Waals surface area contributed by atoms with Gasteiger partial charge in [0.05, 0.1) is 11.6 Å². The number of hydrogen-bond acceptors (Lipinski definition) is 7. The van der Waals surface area contributed by atoms with Gasteiger partial charge in [-0.15, -0.1) is 10.2 Å². The second-order valence-electron chi connectivity index (χ2n) is 7.28. The minimum absolute atomic E-state index is 0.0661. The SMILES string of the molecule is CN(C[C@H](Nc1ncc(-c2nnc(C(F)F)o2)cn1)c1ccc(F)cc1)C(=O)C1CC1. The number of benzene rings is 1. The Labute approximate surface area is 175 Å². The maximum Gasteiger partial charge on any atom is 0.314 e. The number of halogens is 3. The Morgan fingerprint density at radius 1 is 1.19 bits per heavy atom. The van der Waals surface area contributed by atoms with Gasteiger partial charge in [-0.3, -0.25) is 4.79 Å². The molecule has 0 unspecified atom stereocenters. The minimum atomic E-state index is -2.87. The minimum Gasteiger partial charge on any atom is -0.415 e. The fraction of sp³-hybridized carbons (Fsp3) is 0.350. The van der Waals surface area contributed by atoms with Crippen LogP contribution in [0.5, 0.6) is 0 Å². The van der Waals surface area contributed by atoms with Crippen LogP contribution < -0.4 is 5.32 Å². The van der Waals surface area contributed by atoms with Crippen LogP contribution in [0.3, 0.4) is 0 Å². The average Bonchev–Trinajstić information content (AvgIpc) is 3.49. The first-order chi connectivity index (χ1) is 14.9. The second kappa shape index (κ2) is 8.70. The quantitative estimate of drug-likeness (QED) is 0.581. The summed E-state index contributed by atoms with van der Waals surface area (Å²) in [5, 5.41) is 9.97. The summed E-state index contributed by atoms with van der Waals surface area (Å²) in [6.07, 6.45) is 1.64. The van der Waals surface area contributed by atoms with E-state index in [-0.39, 0.29) is 35.0 Å². The summed E-state index contributed by atoms with van der Waals surface area (Å²) in [4.78, 5) is 22.3. The molecule has 0 aliphatic heterocycles. The summed E-state index contributed by atoms with van der Waals surface area (Å²) in [7, 11) is 1.72. The van der Waals surface area contributed by atoms with Crippen LogP contribution in [0.1, 0.15) is 36.8 Å². The molecule has 1 saturated carbocycles. The van der Waals surface area contributed by atoms with Crippen molar-refractivity contribution >= 4 is 11.9 Å². The van der Waals surface area contributed by atoms with Crippen molar-refractivity contribution in [3.63, 3.8) is 0 Å². The third kappa shape index (κ3) is 4.98. The number of nitrogens with one attached hydrogen (secondary N) is 1. The zero-order chi connectivity index (χ0) is 22.0. The van der Waals surface area contributed by atoms with Crippen molar-refractivity contribution in [2.45, 2.75) is 25.3 Å². The predicted molar refractivity (Wildman–Crippen MR) is 103 cm³/mol. The first kappa shape index (κ1) is 20.8. The number of alkyl halides is 2. The van der Waals surface area contributed by atoms with Crippen LogP contribution >= 0.6 is 0 Å². The molecule has 2 heterocycles. The molecule has 1 fully saturated rings. The number of rotatable bonds is 8. The highest BCUT2D eigenvalue weighted by Gasteiger charge is 2.33. The zero-order valence-corrected chi connectivity index (χ0v) is 16.5. The van der Waals surface area contributed by atoms with E-state index in [4.69, 9.17) is 4.42 Å². The smallest absolute Gasteiger partial charge is 0.314 e. The van der Waals surface area contributed by atoms with E-state index in [1.165, 1.54) is 24.5 Å². The van der Waals surface area contributed by atoms with Gasteiger partial charge in [-0.1, -0.05) is 12.1 Å². The van der Waals surface area contributed by atoms with Crippen molar-refractivity contribution in [3.8, 4) is 11.5 Å². The van der Waals surface area contributed by atoms with E-state index in [9.17, 15) is 18.0 Å². The van der Waals surface area contributed by atoms with Gasteiger partial charge in [0.1, 0.15) is 5.82 Å². The number of aromatic nitrogens is 4. The summed E-state index contributed by atoms with van der Waals surface area (Å²) in [6, 6.07) is 5.54. The van der Waals surface area contributed by atoms with Crippen LogP contribution in [0.4, 0.5) is 19.1 Å². The first-order valence-corrected chi connectivity index (χ1v) is 9.61. The molecular formula is C20H19F3N6O2. The van der Waals surface area contributed by atoms with E-state index >= 15 is 0 Å². The van der Waals surface area contributed by atoms with Crippen LogP contribution in [0.15, 0.2) is 41.1 Å². The van der Waals surface area contributed by atoms with Crippen molar-refractivity contribution in [2.24, 2.45) is 5.92 Å². The standard InChI is InChI=1S/C20H19F3N6O2/c1-29(19(30)12-2-3-12)10-15(11-4-6-14(21)7-5-11)26-20-24-8-13(9-25-20)17-27-28-18(31-17)16(22)23/h4-9,12,15-16H,2-3,10H2,1H3,(H,24,25,26)/t15-/m0/s1. The monoisotopic (exact) mass is 432 g/mol. The third-order valence-electron chi connectivity index (χ3n) is 4.86. The van der Waals surface area contributed by atoms with Gasteiger partial charge >= 0.3 is 6.43 Å². The number of likely N-dealkylation sites (N-methyl/N-ethyl adjacent to an activating group) is 1.